The Morgan fingerprint density at radius 1 is 1.24 bits per heavy atom. The second-order valence-electron chi connectivity index (χ2n) is 6.99. The van der Waals surface area contributed by atoms with Crippen LogP contribution in [0.25, 0.3) is 0 Å². The van der Waals surface area contributed by atoms with Crippen LogP contribution in [0, 0.1) is 5.82 Å². The van der Waals surface area contributed by atoms with Crippen LogP contribution in [0.15, 0.2) is 24.3 Å². The molecule has 2 aliphatic rings. The molecule has 1 aromatic carbocycles. The molecule has 5 nitrogen and oxygen atoms in total. The van der Waals surface area contributed by atoms with Gasteiger partial charge in [0.2, 0.25) is 5.91 Å². The largest absolute Gasteiger partial charge is 0.494 e. The number of benzene rings is 1. The molecule has 1 amide bonds. The van der Waals surface area contributed by atoms with Gasteiger partial charge in [0.05, 0.1) is 12.6 Å². The molecule has 1 aliphatic heterocycles. The summed E-state index contributed by atoms with van der Waals surface area (Å²) < 4.78 is 18.5. The zero-order chi connectivity index (χ0) is 17.6. The molecule has 0 radical (unpaired) electrons. The first-order chi connectivity index (χ1) is 12.1. The molecule has 2 fully saturated rings. The van der Waals surface area contributed by atoms with Gasteiger partial charge in [0, 0.05) is 38.8 Å². The lowest BCUT2D eigenvalue weighted by molar-refractivity contribution is -0.126. The molecule has 1 unspecified atom stereocenters. The predicted octanol–water partition coefficient (Wildman–Crippen LogP) is 1.88. The molecule has 138 valence electrons. The lowest BCUT2D eigenvalue weighted by Crippen LogP contribution is -2.54. The number of carbonyl (C=O) groups is 1. The Balaban J connectivity index is 1.29. The van der Waals surface area contributed by atoms with Crippen molar-refractivity contribution in [1.29, 1.82) is 0 Å². The van der Waals surface area contributed by atoms with Crippen LogP contribution in [0.5, 0.6) is 5.75 Å². The average molecular weight is 349 g/mol. The van der Waals surface area contributed by atoms with Gasteiger partial charge in [-0.15, -0.1) is 0 Å². The van der Waals surface area contributed by atoms with Crippen LogP contribution >= 0.6 is 0 Å². The summed E-state index contributed by atoms with van der Waals surface area (Å²) in [5, 5.41) is 3.09. The summed E-state index contributed by atoms with van der Waals surface area (Å²) in [6.07, 6.45) is 3.20. The third-order valence-corrected chi connectivity index (χ3v) is 4.96. The Bertz CT molecular complexity index is 554. The normalized spacial score (nSPS) is 20.2. The van der Waals surface area contributed by atoms with Crippen molar-refractivity contribution in [3.05, 3.63) is 30.1 Å². The summed E-state index contributed by atoms with van der Waals surface area (Å²) in [7, 11) is 0. The number of ether oxygens (including phenoxy) is 1. The van der Waals surface area contributed by atoms with Crippen molar-refractivity contribution in [3.63, 3.8) is 0 Å². The minimum atomic E-state index is -0.245. The quantitative estimate of drug-likeness (QED) is 0.728. The third-order valence-electron chi connectivity index (χ3n) is 4.96. The second kappa shape index (κ2) is 8.63. The van der Waals surface area contributed by atoms with E-state index >= 15 is 0 Å². The first-order valence-electron chi connectivity index (χ1n) is 9.27. The summed E-state index contributed by atoms with van der Waals surface area (Å²) in [6, 6.07) is 6.52. The molecule has 1 aromatic rings. The van der Waals surface area contributed by atoms with Gasteiger partial charge in [-0.2, -0.15) is 0 Å². The minimum Gasteiger partial charge on any atom is -0.494 e. The van der Waals surface area contributed by atoms with Crippen LogP contribution in [0.2, 0.25) is 0 Å². The van der Waals surface area contributed by atoms with Gasteiger partial charge in [0.1, 0.15) is 11.6 Å². The highest BCUT2D eigenvalue weighted by Crippen LogP contribution is 2.19. The van der Waals surface area contributed by atoms with Crippen molar-refractivity contribution in [2.75, 3.05) is 39.3 Å². The Morgan fingerprint density at radius 2 is 1.92 bits per heavy atom. The molecule has 1 saturated carbocycles. The topological polar surface area (TPSA) is 44.8 Å². The Labute approximate surface area is 149 Å². The van der Waals surface area contributed by atoms with Crippen molar-refractivity contribution >= 4 is 5.91 Å². The summed E-state index contributed by atoms with van der Waals surface area (Å²) in [6.45, 7) is 7.44. The number of rotatable bonds is 8. The number of hydrogen-bond acceptors (Lipinski definition) is 4. The Kier molecular flexibility index (Phi) is 6.26. The summed E-state index contributed by atoms with van der Waals surface area (Å²) in [4.78, 5) is 16.8. The van der Waals surface area contributed by atoms with E-state index in [-0.39, 0.29) is 17.8 Å². The van der Waals surface area contributed by atoms with Crippen molar-refractivity contribution in [3.8, 4) is 5.75 Å². The van der Waals surface area contributed by atoms with E-state index in [1.165, 1.54) is 12.1 Å². The van der Waals surface area contributed by atoms with Gasteiger partial charge in [0.25, 0.3) is 0 Å². The lowest BCUT2D eigenvalue weighted by Gasteiger charge is -2.37. The number of halogens is 1. The average Bonchev–Trinajstić information content (AvgIpc) is 3.44. The number of hydrogen-bond donors (Lipinski definition) is 1. The molecule has 1 atom stereocenters. The minimum absolute atomic E-state index is 0.0374. The first-order valence-corrected chi connectivity index (χ1v) is 9.27. The third kappa shape index (κ3) is 5.68. The number of piperazine rings is 1. The van der Waals surface area contributed by atoms with Gasteiger partial charge in [-0.25, -0.2) is 4.39 Å². The number of nitrogens with zero attached hydrogens (tertiary/aromatic N) is 2. The fraction of sp³-hybridized carbons (Fsp3) is 0.632. The fourth-order valence-electron chi connectivity index (χ4n) is 3.10. The number of nitrogens with one attached hydrogen (secondary N) is 1. The predicted molar refractivity (Wildman–Crippen MR) is 95.2 cm³/mol. The van der Waals surface area contributed by atoms with Crippen LogP contribution < -0.4 is 10.1 Å². The van der Waals surface area contributed by atoms with E-state index in [9.17, 15) is 9.18 Å². The summed E-state index contributed by atoms with van der Waals surface area (Å²) >= 11 is 0. The Morgan fingerprint density at radius 3 is 2.56 bits per heavy atom. The van der Waals surface area contributed by atoms with E-state index in [1.54, 1.807) is 12.1 Å². The lowest BCUT2D eigenvalue weighted by atomic mass is 10.2. The highest BCUT2D eigenvalue weighted by atomic mass is 19.1. The molecule has 6 heteroatoms. The monoisotopic (exact) mass is 349 g/mol. The van der Waals surface area contributed by atoms with E-state index in [0.717, 1.165) is 52.0 Å². The maximum Gasteiger partial charge on any atom is 0.237 e. The van der Waals surface area contributed by atoms with Crippen molar-refractivity contribution in [2.24, 2.45) is 0 Å². The van der Waals surface area contributed by atoms with Gasteiger partial charge >= 0.3 is 0 Å². The van der Waals surface area contributed by atoms with Gasteiger partial charge in [0.15, 0.2) is 0 Å². The van der Waals surface area contributed by atoms with E-state index in [4.69, 9.17) is 4.74 Å². The molecule has 1 saturated heterocycles. The molecular formula is C19H28FN3O2. The standard InChI is InChI=1S/C19H28FN3O2/c1-15(19(24)21-17-5-6-17)23-12-10-22(11-13-23)9-2-14-25-18-7-3-16(20)4-8-18/h3-4,7-8,15,17H,2,5-6,9-14H2,1H3,(H,21,24). The maximum atomic E-state index is 12.8. The zero-order valence-electron chi connectivity index (χ0n) is 14.9. The molecule has 0 aromatic heterocycles. The summed E-state index contributed by atoms with van der Waals surface area (Å²) in [5.41, 5.74) is 0. The van der Waals surface area contributed by atoms with Crippen LogP contribution in [0.4, 0.5) is 4.39 Å². The van der Waals surface area contributed by atoms with Gasteiger partial charge in [-0.1, -0.05) is 0 Å². The fourth-order valence-corrected chi connectivity index (χ4v) is 3.10. The Hall–Kier alpha value is -1.66. The highest BCUT2D eigenvalue weighted by molar-refractivity contribution is 5.81. The molecule has 0 spiro atoms. The van der Waals surface area contributed by atoms with E-state index in [1.807, 2.05) is 6.92 Å². The van der Waals surface area contributed by atoms with Crippen LogP contribution in [-0.4, -0.2) is 67.1 Å². The molecule has 1 N–H and O–H groups in total. The number of amides is 1. The molecule has 1 heterocycles. The zero-order valence-corrected chi connectivity index (χ0v) is 14.9. The van der Waals surface area contributed by atoms with Crippen LogP contribution in [0.3, 0.4) is 0 Å². The van der Waals surface area contributed by atoms with Crippen molar-refractivity contribution in [1.82, 2.24) is 15.1 Å². The second-order valence-corrected chi connectivity index (χ2v) is 6.99. The molecule has 0 bridgehead atoms. The van der Waals surface area contributed by atoms with Crippen LogP contribution in [-0.2, 0) is 4.79 Å². The van der Waals surface area contributed by atoms with E-state index in [2.05, 4.69) is 15.1 Å². The van der Waals surface area contributed by atoms with Gasteiger partial charge in [-0.05, 0) is 50.5 Å². The molecule has 1 aliphatic carbocycles. The van der Waals surface area contributed by atoms with E-state index in [0.29, 0.717) is 18.4 Å². The van der Waals surface area contributed by atoms with Crippen molar-refractivity contribution in [2.45, 2.75) is 38.3 Å². The smallest absolute Gasteiger partial charge is 0.237 e. The highest BCUT2D eigenvalue weighted by Gasteiger charge is 2.29. The SMILES string of the molecule is CC(C(=O)NC1CC1)N1CCN(CCCOc2ccc(F)cc2)CC1. The van der Waals surface area contributed by atoms with Gasteiger partial charge < -0.3 is 15.0 Å². The molecular weight excluding hydrogens is 321 g/mol. The van der Waals surface area contributed by atoms with Crippen LogP contribution in [0.1, 0.15) is 26.2 Å². The number of carbonyl (C=O) groups excluding carboxylic acids is 1. The first kappa shape index (κ1) is 18.1. The van der Waals surface area contributed by atoms with E-state index < -0.39 is 0 Å². The van der Waals surface area contributed by atoms with Gasteiger partial charge in [-0.3, -0.25) is 9.69 Å². The maximum absolute atomic E-state index is 12.8. The molecule has 25 heavy (non-hydrogen) atoms. The van der Waals surface area contributed by atoms with Crippen molar-refractivity contribution < 1.29 is 13.9 Å². The molecule has 3 rings (SSSR count). The summed E-state index contributed by atoms with van der Waals surface area (Å²) in [5.74, 6) is 0.635.